The fraction of sp³-hybridized carbons (Fsp3) is 0.571. The molecule has 0 fully saturated rings. The van der Waals surface area contributed by atoms with Crippen LogP contribution in [0.4, 0.5) is 0 Å². The van der Waals surface area contributed by atoms with Crippen molar-refractivity contribution in [3.63, 3.8) is 0 Å². The lowest BCUT2D eigenvalue weighted by atomic mass is 10.1. The first-order valence-electron chi connectivity index (χ1n) is 5.99. The number of ether oxygens (including phenoxy) is 1. The summed E-state index contributed by atoms with van der Waals surface area (Å²) in [5.74, 6) is 1.69. The molecule has 0 bridgehead atoms. The quantitative estimate of drug-likeness (QED) is 0.688. The first-order valence-corrected chi connectivity index (χ1v) is 7.11. The van der Waals surface area contributed by atoms with Crippen molar-refractivity contribution in [2.24, 2.45) is 5.92 Å². The molecule has 0 atom stereocenters. The normalized spacial score (nSPS) is 10.8. The molecule has 0 unspecified atom stereocenters. The van der Waals surface area contributed by atoms with Crippen molar-refractivity contribution in [2.75, 3.05) is 6.61 Å². The zero-order valence-electron chi connectivity index (χ0n) is 10.4. The molecule has 1 rings (SSSR count). The summed E-state index contributed by atoms with van der Waals surface area (Å²) >= 11 is 3.50. The van der Waals surface area contributed by atoms with Crippen LogP contribution in [0.25, 0.3) is 0 Å². The first-order chi connectivity index (χ1) is 7.71. The van der Waals surface area contributed by atoms with Gasteiger partial charge >= 0.3 is 0 Å². The molecule has 1 aromatic carbocycles. The third-order valence-electron chi connectivity index (χ3n) is 2.99. The lowest BCUT2D eigenvalue weighted by Crippen LogP contribution is -2.10. The molecule has 0 N–H and O–H groups in total. The average Bonchev–Trinajstić information content (AvgIpc) is 2.31. The minimum Gasteiger partial charge on any atom is -0.493 e. The monoisotopic (exact) mass is 284 g/mol. The highest BCUT2D eigenvalue weighted by Gasteiger charge is 2.07. The van der Waals surface area contributed by atoms with Gasteiger partial charge < -0.3 is 4.74 Å². The van der Waals surface area contributed by atoms with Crippen LogP contribution >= 0.6 is 15.9 Å². The van der Waals surface area contributed by atoms with E-state index in [1.54, 1.807) is 0 Å². The van der Waals surface area contributed by atoms with Crippen molar-refractivity contribution in [3.8, 4) is 5.75 Å². The van der Waals surface area contributed by atoms with Crippen LogP contribution < -0.4 is 4.74 Å². The van der Waals surface area contributed by atoms with Crippen molar-refractivity contribution in [1.29, 1.82) is 0 Å². The van der Waals surface area contributed by atoms with E-state index in [1.165, 1.54) is 24.0 Å². The number of alkyl halides is 1. The molecule has 0 aliphatic rings. The summed E-state index contributed by atoms with van der Waals surface area (Å²) in [4.78, 5) is 0. The van der Waals surface area contributed by atoms with Gasteiger partial charge in [0, 0.05) is 10.9 Å². The van der Waals surface area contributed by atoms with Gasteiger partial charge in [-0.1, -0.05) is 60.3 Å². The van der Waals surface area contributed by atoms with E-state index in [4.69, 9.17) is 4.74 Å². The molecular weight excluding hydrogens is 264 g/mol. The van der Waals surface area contributed by atoms with Crippen molar-refractivity contribution in [2.45, 2.75) is 38.9 Å². The Morgan fingerprint density at radius 2 is 1.94 bits per heavy atom. The topological polar surface area (TPSA) is 9.23 Å². The third kappa shape index (κ3) is 3.82. The van der Waals surface area contributed by atoms with Gasteiger partial charge in [0.25, 0.3) is 0 Å². The maximum Gasteiger partial charge on any atom is 0.123 e. The van der Waals surface area contributed by atoms with E-state index in [0.717, 1.165) is 17.7 Å². The predicted octanol–water partition coefficient (Wildman–Crippen LogP) is 4.70. The van der Waals surface area contributed by atoms with E-state index < -0.39 is 0 Å². The molecule has 1 aromatic rings. The largest absolute Gasteiger partial charge is 0.493 e. The zero-order valence-corrected chi connectivity index (χ0v) is 12.0. The summed E-state index contributed by atoms with van der Waals surface area (Å²) in [7, 11) is 0. The van der Waals surface area contributed by atoms with Gasteiger partial charge in [0.15, 0.2) is 0 Å². The highest BCUT2D eigenvalue weighted by Crippen LogP contribution is 2.23. The van der Waals surface area contributed by atoms with Crippen molar-refractivity contribution in [1.82, 2.24) is 0 Å². The van der Waals surface area contributed by atoms with E-state index in [2.05, 4.69) is 54.9 Å². The molecule has 90 valence electrons. The molecule has 0 spiro atoms. The third-order valence-corrected chi connectivity index (χ3v) is 3.59. The summed E-state index contributed by atoms with van der Waals surface area (Å²) in [6.45, 7) is 7.38. The van der Waals surface area contributed by atoms with Gasteiger partial charge in [0.1, 0.15) is 5.75 Å². The standard InChI is InChI=1S/C14H21BrO/c1-4-12(5-2)10-16-14-7-6-11(3)8-13(14)9-15/h6-8,12H,4-5,9-10H2,1-3H3. The van der Waals surface area contributed by atoms with Gasteiger partial charge in [-0.3, -0.25) is 0 Å². The average molecular weight is 285 g/mol. The summed E-state index contributed by atoms with van der Waals surface area (Å²) in [6, 6.07) is 6.36. The van der Waals surface area contributed by atoms with Gasteiger partial charge in [-0.2, -0.15) is 0 Å². The van der Waals surface area contributed by atoms with Crippen LogP contribution in [0.15, 0.2) is 18.2 Å². The minimum absolute atomic E-state index is 0.671. The predicted molar refractivity (Wildman–Crippen MR) is 73.4 cm³/mol. The summed E-state index contributed by atoms with van der Waals surface area (Å²) < 4.78 is 5.90. The second kappa shape index (κ2) is 6.95. The maximum absolute atomic E-state index is 5.90. The molecule has 0 heterocycles. The zero-order chi connectivity index (χ0) is 12.0. The van der Waals surface area contributed by atoms with Gasteiger partial charge in [-0.15, -0.1) is 0 Å². The molecule has 0 aliphatic carbocycles. The highest BCUT2D eigenvalue weighted by molar-refractivity contribution is 9.08. The van der Waals surface area contributed by atoms with E-state index in [1.807, 2.05) is 0 Å². The maximum atomic E-state index is 5.90. The van der Waals surface area contributed by atoms with E-state index in [9.17, 15) is 0 Å². The highest BCUT2D eigenvalue weighted by atomic mass is 79.9. The van der Waals surface area contributed by atoms with Gasteiger partial charge in [0.2, 0.25) is 0 Å². The van der Waals surface area contributed by atoms with Crippen LogP contribution in [0.2, 0.25) is 0 Å². The Morgan fingerprint density at radius 1 is 1.25 bits per heavy atom. The van der Waals surface area contributed by atoms with E-state index in [-0.39, 0.29) is 0 Å². The second-order valence-electron chi connectivity index (χ2n) is 4.24. The fourth-order valence-electron chi connectivity index (χ4n) is 1.69. The van der Waals surface area contributed by atoms with Crippen molar-refractivity contribution < 1.29 is 4.74 Å². The molecule has 1 nitrogen and oxygen atoms in total. The van der Waals surface area contributed by atoms with E-state index in [0.29, 0.717) is 5.92 Å². The van der Waals surface area contributed by atoms with Crippen LogP contribution in [0.5, 0.6) is 5.75 Å². The molecule has 16 heavy (non-hydrogen) atoms. The Bertz CT molecular complexity index is 319. The molecule has 0 saturated carbocycles. The Kier molecular flexibility index (Phi) is 5.89. The Hall–Kier alpha value is -0.500. The Labute approximate surface area is 107 Å². The lowest BCUT2D eigenvalue weighted by molar-refractivity contribution is 0.239. The Balaban J connectivity index is 2.65. The summed E-state index contributed by atoms with van der Waals surface area (Å²) in [6.07, 6.45) is 2.37. The molecule has 0 radical (unpaired) electrons. The number of aryl methyl sites for hydroxylation is 1. The van der Waals surface area contributed by atoms with Crippen molar-refractivity contribution >= 4 is 15.9 Å². The van der Waals surface area contributed by atoms with Crippen LogP contribution in [0.1, 0.15) is 37.8 Å². The molecule has 0 saturated heterocycles. The number of halogens is 1. The van der Waals surface area contributed by atoms with E-state index >= 15 is 0 Å². The first kappa shape index (κ1) is 13.6. The minimum atomic E-state index is 0.671. The Morgan fingerprint density at radius 3 is 2.50 bits per heavy atom. The molecular formula is C14H21BrO. The van der Waals surface area contributed by atoms with Crippen LogP contribution in [0.3, 0.4) is 0 Å². The number of hydrogen-bond donors (Lipinski definition) is 0. The lowest BCUT2D eigenvalue weighted by Gasteiger charge is -2.16. The van der Waals surface area contributed by atoms with Gasteiger partial charge in [0.05, 0.1) is 6.61 Å². The second-order valence-corrected chi connectivity index (χ2v) is 4.80. The number of rotatable bonds is 6. The molecule has 2 heteroatoms. The summed E-state index contributed by atoms with van der Waals surface area (Å²) in [5, 5.41) is 0.854. The fourth-order valence-corrected chi connectivity index (χ4v) is 2.12. The van der Waals surface area contributed by atoms with Crippen LogP contribution in [0, 0.1) is 12.8 Å². The molecule has 0 amide bonds. The van der Waals surface area contributed by atoms with Crippen LogP contribution in [-0.4, -0.2) is 6.61 Å². The molecule has 0 aliphatic heterocycles. The van der Waals surface area contributed by atoms with Gasteiger partial charge in [-0.25, -0.2) is 0 Å². The summed E-state index contributed by atoms with van der Waals surface area (Å²) in [5.41, 5.74) is 2.52. The number of hydrogen-bond acceptors (Lipinski definition) is 1. The van der Waals surface area contributed by atoms with Crippen molar-refractivity contribution in [3.05, 3.63) is 29.3 Å². The van der Waals surface area contributed by atoms with Gasteiger partial charge in [-0.05, 0) is 18.9 Å². The molecule has 0 aromatic heterocycles. The smallest absolute Gasteiger partial charge is 0.123 e. The SMILES string of the molecule is CCC(CC)COc1ccc(C)cc1CBr. The number of benzene rings is 1. The van der Waals surface area contributed by atoms with Crippen LogP contribution in [-0.2, 0) is 5.33 Å².